The maximum Gasteiger partial charge on any atom is 0.339 e. The van der Waals surface area contributed by atoms with E-state index in [9.17, 15) is 14.9 Å². The summed E-state index contributed by atoms with van der Waals surface area (Å²) in [6.45, 7) is -0.0878. The fourth-order valence-electron chi connectivity index (χ4n) is 2.07. The lowest BCUT2D eigenvalue weighted by Crippen LogP contribution is -2.05. The smallest absolute Gasteiger partial charge is 0.339 e. The molecule has 0 atom stereocenters. The Morgan fingerprint density at radius 1 is 1.11 bits per heavy atom. The Hall–Kier alpha value is -3.64. The van der Waals surface area contributed by atoms with Gasteiger partial charge in [0.15, 0.2) is 6.61 Å². The number of nitro groups is 1. The molecule has 3 aromatic rings. The summed E-state index contributed by atoms with van der Waals surface area (Å²) in [6.07, 6.45) is 0. The molecule has 0 saturated heterocycles. The number of nitro benzene ring substituents is 1. The van der Waals surface area contributed by atoms with Gasteiger partial charge in [0.2, 0.25) is 5.89 Å². The predicted molar refractivity (Wildman–Crippen MR) is 102 cm³/mol. The van der Waals surface area contributed by atoms with Crippen molar-refractivity contribution in [3.63, 3.8) is 0 Å². The summed E-state index contributed by atoms with van der Waals surface area (Å²) < 4.78 is 10.5. The van der Waals surface area contributed by atoms with E-state index in [0.29, 0.717) is 16.9 Å². The molecule has 1 heterocycles. The summed E-state index contributed by atoms with van der Waals surface area (Å²) in [4.78, 5) is 21.9. The molecule has 9 heteroatoms. The Labute approximate surface area is 164 Å². The Bertz CT molecular complexity index is 1020. The number of esters is 1. The van der Waals surface area contributed by atoms with E-state index in [4.69, 9.17) is 9.15 Å². The summed E-state index contributed by atoms with van der Waals surface area (Å²) in [5, 5.41) is 18.9. The minimum atomic E-state index is -0.596. The van der Waals surface area contributed by atoms with Gasteiger partial charge in [0.25, 0.3) is 10.9 Å². The second kappa shape index (κ2) is 9.34. The van der Waals surface area contributed by atoms with Crippen LogP contribution in [0.3, 0.4) is 0 Å². The zero-order valence-electron chi connectivity index (χ0n) is 14.4. The van der Waals surface area contributed by atoms with E-state index in [-0.39, 0.29) is 17.9 Å². The van der Waals surface area contributed by atoms with E-state index in [2.05, 4.69) is 22.0 Å². The monoisotopic (exact) mass is 395 g/mol. The zero-order valence-corrected chi connectivity index (χ0v) is 15.2. The highest BCUT2D eigenvalue weighted by Crippen LogP contribution is 2.22. The van der Waals surface area contributed by atoms with Crippen LogP contribution in [0.1, 0.15) is 10.4 Å². The van der Waals surface area contributed by atoms with Crippen molar-refractivity contribution in [2.24, 2.45) is 0 Å². The summed E-state index contributed by atoms with van der Waals surface area (Å²) >= 11 is 1.28. The van der Waals surface area contributed by atoms with Crippen molar-refractivity contribution in [2.75, 3.05) is 12.4 Å². The minimum Gasteiger partial charge on any atom is -0.449 e. The van der Waals surface area contributed by atoms with Crippen LogP contribution in [0.4, 0.5) is 5.69 Å². The normalized spacial score (nSPS) is 10.0. The van der Waals surface area contributed by atoms with Gasteiger partial charge in [-0.15, -0.1) is 10.2 Å². The molecule has 2 aromatic carbocycles. The molecule has 0 radical (unpaired) electrons. The molecule has 28 heavy (non-hydrogen) atoms. The molecular formula is C19H13N3O5S. The van der Waals surface area contributed by atoms with Gasteiger partial charge in [0.1, 0.15) is 0 Å². The molecule has 8 nitrogen and oxygen atoms in total. The molecule has 1 aromatic heterocycles. The molecule has 3 rings (SSSR count). The van der Waals surface area contributed by atoms with E-state index in [1.54, 1.807) is 0 Å². The Balaban J connectivity index is 1.42. The van der Waals surface area contributed by atoms with Crippen LogP contribution in [0, 0.1) is 22.0 Å². The van der Waals surface area contributed by atoms with Crippen LogP contribution in [0.2, 0.25) is 0 Å². The number of rotatable bonds is 6. The van der Waals surface area contributed by atoms with Crippen molar-refractivity contribution < 1.29 is 18.9 Å². The van der Waals surface area contributed by atoms with Crippen molar-refractivity contribution in [3.05, 3.63) is 70.3 Å². The molecule has 0 aliphatic carbocycles. The van der Waals surface area contributed by atoms with E-state index in [1.165, 1.54) is 36.0 Å². The van der Waals surface area contributed by atoms with Gasteiger partial charge in [-0.3, -0.25) is 10.1 Å². The van der Waals surface area contributed by atoms with Crippen molar-refractivity contribution in [2.45, 2.75) is 5.22 Å². The number of benzene rings is 2. The standard InChI is InChI=1S/C19H13N3O5S/c23-18(15-8-10-16(11-9-15)22(24)25)26-12-4-5-13-28-19-21-20-17(27-19)14-6-2-1-3-7-14/h1-3,6-11H,12-13H2. The molecule has 0 spiro atoms. The first kappa shape index (κ1) is 19.1. The summed E-state index contributed by atoms with van der Waals surface area (Å²) in [6, 6.07) is 14.6. The molecule has 0 bridgehead atoms. The first-order valence-corrected chi connectivity index (χ1v) is 9.01. The van der Waals surface area contributed by atoms with Crippen molar-refractivity contribution >= 4 is 23.4 Å². The van der Waals surface area contributed by atoms with Crippen LogP contribution in [0.25, 0.3) is 11.5 Å². The molecule has 0 amide bonds. The topological polar surface area (TPSA) is 108 Å². The quantitative estimate of drug-likeness (QED) is 0.205. The maximum atomic E-state index is 11.8. The number of aromatic nitrogens is 2. The average Bonchev–Trinajstić information content (AvgIpc) is 3.20. The fraction of sp³-hybridized carbons (Fsp3) is 0.105. The first-order valence-electron chi connectivity index (χ1n) is 8.02. The van der Waals surface area contributed by atoms with Crippen LogP contribution in [-0.4, -0.2) is 33.4 Å². The number of carbonyl (C=O) groups excluding carboxylic acids is 1. The Kier molecular flexibility index (Phi) is 6.38. The lowest BCUT2D eigenvalue weighted by atomic mass is 10.2. The van der Waals surface area contributed by atoms with E-state index in [0.717, 1.165) is 5.56 Å². The van der Waals surface area contributed by atoms with Gasteiger partial charge >= 0.3 is 5.97 Å². The molecule has 0 fully saturated rings. The third kappa shape index (κ3) is 5.18. The first-order chi connectivity index (χ1) is 13.6. The van der Waals surface area contributed by atoms with Gasteiger partial charge in [-0.25, -0.2) is 4.79 Å². The van der Waals surface area contributed by atoms with Crippen LogP contribution in [-0.2, 0) is 4.74 Å². The lowest BCUT2D eigenvalue weighted by Gasteiger charge is -2.00. The van der Waals surface area contributed by atoms with Crippen molar-refractivity contribution in [1.29, 1.82) is 0 Å². The third-order valence-corrected chi connectivity index (χ3v) is 4.11. The average molecular weight is 395 g/mol. The molecule has 0 saturated carbocycles. The van der Waals surface area contributed by atoms with Gasteiger partial charge < -0.3 is 9.15 Å². The number of nitrogens with zero attached hydrogens (tertiary/aromatic N) is 3. The number of ether oxygens (including phenoxy) is 1. The second-order valence-electron chi connectivity index (χ2n) is 5.26. The summed E-state index contributed by atoms with van der Waals surface area (Å²) in [7, 11) is 0. The predicted octanol–water partition coefficient (Wildman–Crippen LogP) is 3.60. The summed E-state index contributed by atoms with van der Waals surface area (Å²) in [5.41, 5.74) is 0.969. The Morgan fingerprint density at radius 3 is 2.57 bits per heavy atom. The Morgan fingerprint density at radius 2 is 1.86 bits per heavy atom. The third-order valence-electron chi connectivity index (χ3n) is 3.41. The number of thioether (sulfide) groups is 1. The van der Waals surface area contributed by atoms with Crippen LogP contribution < -0.4 is 0 Å². The SMILES string of the molecule is O=C(OCC#CCSc1nnc(-c2ccccc2)o1)c1ccc([N+](=O)[O-])cc1. The van der Waals surface area contributed by atoms with Crippen molar-refractivity contribution in [3.8, 4) is 23.3 Å². The zero-order chi connectivity index (χ0) is 19.8. The molecule has 0 aliphatic heterocycles. The van der Waals surface area contributed by atoms with Gasteiger partial charge in [-0.05, 0) is 24.3 Å². The molecule has 0 unspecified atom stereocenters. The highest BCUT2D eigenvalue weighted by atomic mass is 32.2. The molecule has 0 N–H and O–H groups in total. The minimum absolute atomic E-state index is 0.0878. The van der Waals surface area contributed by atoms with Crippen LogP contribution in [0.5, 0.6) is 0 Å². The molecular weight excluding hydrogens is 382 g/mol. The van der Waals surface area contributed by atoms with Crippen molar-refractivity contribution in [1.82, 2.24) is 10.2 Å². The highest BCUT2D eigenvalue weighted by Gasteiger charge is 2.10. The number of carbonyl (C=O) groups is 1. The molecule has 140 valence electrons. The second-order valence-corrected chi connectivity index (χ2v) is 6.19. The number of non-ortho nitro benzene ring substituents is 1. The van der Waals surface area contributed by atoms with E-state index >= 15 is 0 Å². The van der Waals surface area contributed by atoms with Crippen LogP contribution >= 0.6 is 11.8 Å². The van der Waals surface area contributed by atoms with Gasteiger partial charge in [-0.2, -0.15) is 0 Å². The highest BCUT2D eigenvalue weighted by molar-refractivity contribution is 7.99. The van der Waals surface area contributed by atoms with Gasteiger partial charge in [0, 0.05) is 17.7 Å². The largest absolute Gasteiger partial charge is 0.449 e. The van der Waals surface area contributed by atoms with E-state index < -0.39 is 10.9 Å². The lowest BCUT2D eigenvalue weighted by molar-refractivity contribution is -0.384. The van der Waals surface area contributed by atoms with Gasteiger partial charge in [-0.1, -0.05) is 41.8 Å². The fourth-order valence-corrected chi connectivity index (χ4v) is 2.60. The maximum absolute atomic E-state index is 11.8. The van der Waals surface area contributed by atoms with E-state index in [1.807, 2.05) is 30.3 Å². The molecule has 0 aliphatic rings. The number of hydrogen-bond donors (Lipinski definition) is 0. The van der Waals surface area contributed by atoms with Gasteiger partial charge in [0.05, 0.1) is 16.2 Å². The summed E-state index contributed by atoms with van der Waals surface area (Å²) in [5.74, 6) is 5.78. The number of hydrogen-bond acceptors (Lipinski definition) is 8. The van der Waals surface area contributed by atoms with Crippen LogP contribution in [0.15, 0.2) is 64.2 Å².